The first-order valence-corrected chi connectivity index (χ1v) is 13.2. The summed E-state index contributed by atoms with van der Waals surface area (Å²) < 4.78 is 5.90. The van der Waals surface area contributed by atoms with E-state index in [-0.39, 0.29) is 24.8 Å². The summed E-state index contributed by atoms with van der Waals surface area (Å²) >= 11 is 0. The van der Waals surface area contributed by atoms with Crippen LogP contribution in [0.1, 0.15) is 48.4 Å². The van der Waals surface area contributed by atoms with Crippen molar-refractivity contribution >= 4 is 17.7 Å². The number of carbonyl (C=O) groups is 1. The minimum Gasteiger partial charge on any atom is -0.444 e. The van der Waals surface area contributed by atoms with E-state index in [1.165, 1.54) is 5.56 Å². The summed E-state index contributed by atoms with van der Waals surface area (Å²) in [6.07, 6.45) is 3.66. The van der Waals surface area contributed by atoms with Gasteiger partial charge in [0, 0.05) is 11.6 Å². The average molecular weight is 495 g/mol. The van der Waals surface area contributed by atoms with Crippen LogP contribution < -0.4 is 10.6 Å². The van der Waals surface area contributed by atoms with E-state index in [0.717, 1.165) is 48.1 Å². The largest absolute Gasteiger partial charge is 0.444 e. The Kier molecular flexibility index (Phi) is 5.90. The van der Waals surface area contributed by atoms with Crippen molar-refractivity contribution in [1.29, 1.82) is 0 Å². The van der Waals surface area contributed by atoms with Gasteiger partial charge >= 0.3 is 6.09 Å². The van der Waals surface area contributed by atoms with Crippen molar-refractivity contribution in [3.8, 4) is 0 Å². The monoisotopic (exact) mass is 494 g/mol. The third-order valence-electron chi connectivity index (χ3n) is 8.40. The number of fused-ring (bicyclic) bond motifs is 5. The number of carbonyl (C=O) groups excluding carboxylic acids is 1. The van der Waals surface area contributed by atoms with Crippen molar-refractivity contribution in [2.45, 2.75) is 69.8 Å². The summed E-state index contributed by atoms with van der Waals surface area (Å²) in [5.74, 6) is 0.591. The van der Waals surface area contributed by atoms with Gasteiger partial charge in [0.2, 0.25) is 0 Å². The number of guanidine groups is 1. The molecule has 0 spiro atoms. The zero-order valence-corrected chi connectivity index (χ0v) is 21.5. The van der Waals surface area contributed by atoms with Crippen LogP contribution >= 0.6 is 0 Å². The molecule has 6 nitrogen and oxygen atoms in total. The van der Waals surface area contributed by atoms with E-state index < -0.39 is 5.54 Å². The van der Waals surface area contributed by atoms with Crippen LogP contribution in [0, 0.1) is 6.92 Å². The molecule has 1 fully saturated rings. The van der Waals surface area contributed by atoms with Crippen molar-refractivity contribution < 1.29 is 9.53 Å². The normalized spacial score (nSPS) is 25.8. The van der Waals surface area contributed by atoms with Crippen molar-refractivity contribution in [1.82, 2.24) is 4.90 Å². The van der Waals surface area contributed by atoms with Gasteiger partial charge in [-0.15, -0.1) is 0 Å². The van der Waals surface area contributed by atoms with Gasteiger partial charge < -0.3 is 15.4 Å². The fourth-order valence-corrected chi connectivity index (χ4v) is 6.87. The summed E-state index contributed by atoms with van der Waals surface area (Å²) in [7, 11) is 0. The van der Waals surface area contributed by atoms with E-state index in [1.54, 1.807) is 0 Å². The van der Waals surface area contributed by atoms with Gasteiger partial charge in [0.05, 0.1) is 17.8 Å². The minimum atomic E-state index is -0.619. The lowest BCUT2D eigenvalue weighted by molar-refractivity contribution is 0.131. The molecule has 4 atom stereocenters. The van der Waals surface area contributed by atoms with Gasteiger partial charge in [-0.25, -0.2) is 9.79 Å². The molecule has 190 valence electrons. The van der Waals surface area contributed by atoms with Crippen LogP contribution in [0.5, 0.6) is 0 Å². The lowest BCUT2D eigenvalue weighted by Crippen LogP contribution is -2.63. The number of hydrogen-bond donors (Lipinski definition) is 1. The number of aryl methyl sites for hydroxylation is 2. The Labute approximate surface area is 218 Å². The topological polar surface area (TPSA) is 71.2 Å². The predicted molar refractivity (Wildman–Crippen MR) is 146 cm³/mol. The fraction of sp³-hybridized carbons (Fsp3) is 0.355. The molecule has 37 heavy (non-hydrogen) atoms. The number of benzene rings is 3. The van der Waals surface area contributed by atoms with Crippen LogP contribution in [0.15, 0.2) is 83.9 Å². The molecule has 0 unspecified atom stereocenters. The van der Waals surface area contributed by atoms with Crippen LogP contribution in [-0.2, 0) is 23.3 Å². The molecule has 6 heteroatoms. The molecule has 0 radical (unpaired) electrons. The predicted octanol–water partition coefficient (Wildman–Crippen LogP) is 5.53. The van der Waals surface area contributed by atoms with E-state index in [0.29, 0.717) is 12.0 Å². The molecule has 0 bridgehead atoms. The number of anilines is 1. The standard InChI is InChI=1S/C31H34N4O2/c1-21-10-9-15-25-27(21)31(2)28(35(25)30(36)37-20-23-13-7-4-8-14-23)26-19-18-24(34(26)29(32)33-31)17-16-22-11-5-3-6-12-22/h3-15,24,26,28H,16-20H2,1-2H3,(H2,32,33)/t24-,26+,28-,31-/m1/s1. The Morgan fingerprint density at radius 3 is 2.43 bits per heavy atom. The number of aliphatic imine (C=N–C) groups is 1. The molecule has 3 aliphatic heterocycles. The molecule has 0 aliphatic carbocycles. The molecular formula is C31H34N4O2. The Balaban J connectivity index is 1.33. The minimum absolute atomic E-state index is 0.0827. The van der Waals surface area contributed by atoms with Crippen molar-refractivity contribution in [3.63, 3.8) is 0 Å². The van der Waals surface area contributed by atoms with Crippen molar-refractivity contribution in [2.75, 3.05) is 4.90 Å². The maximum absolute atomic E-state index is 13.8. The second-order valence-corrected chi connectivity index (χ2v) is 10.7. The van der Waals surface area contributed by atoms with E-state index in [1.807, 2.05) is 47.4 Å². The molecule has 0 aromatic heterocycles. The van der Waals surface area contributed by atoms with Gasteiger partial charge in [-0.05, 0) is 62.3 Å². The number of amides is 1. The Morgan fingerprint density at radius 1 is 1.00 bits per heavy atom. The van der Waals surface area contributed by atoms with E-state index in [4.69, 9.17) is 15.5 Å². The Bertz CT molecular complexity index is 1330. The van der Waals surface area contributed by atoms with Crippen molar-refractivity contribution in [2.24, 2.45) is 10.7 Å². The lowest BCUT2D eigenvalue weighted by Gasteiger charge is -2.46. The van der Waals surface area contributed by atoms with Gasteiger partial charge in [-0.3, -0.25) is 4.90 Å². The molecule has 3 aromatic rings. The molecule has 6 rings (SSSR count). The second kappa shape index (κ2) is 9.25. The molecule has 3 aromatic carbocycles. The van der Waals surface area contributed by atoms with Gasteiger partial charge in [0.15, 0.2) is 5.96 Å². The number of nitrogens with zero attached hydrogens (tertiary/aromatic N) is 3. The summed E-state index contributed by atoms with van der Waals surface area (Å²) in [6.45, 7) is 4.46. The van der Waals surface area contributed by atoms with Crippen LogP contribution in [0.3, 0.4) is 0 Å². The summed E-state index contributed by atoms with van der Waals surface area (Å²) in [4.78, 5) is 23.1. The van der Waals surface area contributed by atoms with Crippen LogP contribution in [0.4, 0.5) is 10.5 Å². The molecule has 2 N–H and O–H groups in total. The quantitative estimate of drug-likeness (QED) is 0.506. The van der Waals surface area contributed by atoms with E-state index in [2.05, 4.69) is 55.1 Å². The maximum Gasteiger partial charge on any atom is 0.415 e. The maximum atomic E-state index is 13.8. The average Bonchev–Trinajstić information content (AvgIpc) is 3.44. The van der Waals surface area contributed by atoms with Gasteiger partial charge in [-0.1, -0.05) is 72.8 Å². The highest BCUT2D eigenvalue weighted by molar-refractivity contribution is 5.95. The Hall–Kier alpha value is -3.80. The molecule has 0 saturated carbocycles. The highest BCUT2D eigenvalue weighted by Crippen LogP contribution is 2.54. The zero-order valence-electron chi connectivity index (χ0n) is 21.5. The summed E-state index contributed by atoms with van der Waals surface area (Å²) in [5, 5.41) is 0. The summed E-state index contributed by atoms with van der Waals surface area (Å²) in [6, 6.07) is 26.7. The lowest BCUT2D eigenvalue weighted by atomic mass is 9.80. The summed E-state index contributed by atoms with van der Waals surface area (Å²) in [5.41, 5.74) is 11.5. The number of ether oxygens (including phenoxy) is 1. The van der Waals surface area contributed by atoms with Crippen LogP contribution in [0.25, 0.3) is 0 Å². The van der Waals surface area contributed by atoms with Gasteiger partial charge in [0.1, 0.15) is 12.1 Å². The number of hydrogen-bond acceptors (Lipinski definition) is 5. The first kappa shape index (κ1) is 23.6. The molecule has 1 amide bonds. The van der Waals surface area contributed by atoms with Gasteiger partial charge in [-0.2, -0.15) is 0 Å². The van der Waals surface area contributed by atoms with Gasteiger partial charge in [0.25, 0.3) is 0 Å². The van der Waals surface area contributed by atoms with Crippen LogP contribution in [0.2, 0.25) is 0 Å². The first-order chi connectivity index (χ1) is 18.0. The fourth-order valence-electron chi connectivity index (χ4n) is 6.87. The zero-order chi connectivity index (χ0) is 25.6. The highest BCUT2D eigenvalue weighted by Gasteiger charge is 2.60. The van der Waals surface area contributed by atoms with Crippen molar-refractivity contribution in [3.05, 3.63) is 101 Å². The highest BCUT2D eigenvalue weighted by atomic mass is 16.6. The molecule has 1 saturated heterocycles. The number of nitrogens with two attached hydrogens (primary N) is 1. The smallest absolute Gasteiger partial charge is 0.415 e. The Morgan fingerprint density at radius 2 is 1.70 bits per heavy atom. The third kappa shape index (κ3) is 3.95. The molecule has 3 aliphatic rings. The van der Waals surface area contributed by atoms with E-state index >= 15 is 0 Å². The third-order valence-corrected chi connectivity index (χ3v) is 8.40. The first-order valence-electron chi connectivity index (χ1n) is 13.2. The van der Waals surface area contributed by atoms with Crippen LogP contribution in [-0.4, -0.2) is 35.1 Å². The van der Waals surface area contributed by atoms with E-state index in [9.17, 15) is 4.79 Å². The second-order valence-electron chi connectivity index (χ2n) is 10.7. The molecule has 3 heterocycles. The molecular weight excluding hydrogens is 460 g/mol. The SMILES string of the molecule is Cc1cccc2c1[C@@]1(C)N=C(N)N3[C@H](CCc4ccccc4)CC[C@H]3[C@H]1N2C(=O)OCc1ccccc1. The number of rotatable bonds is 5.